The largest absolute Gasteiger partial charge is 0.508 e. The van der Waals surface area contributed by atoms with Crippen LogP contribution >= 0.6 is 0 Å². The van der Waals surface area contributed by atoms with Crippen molar-refractivity contribution in [3.8, 4) is 5.75 Å². The lowest BCUT2D eigenvalue weighted by Gasteiger charge is -2.02. The number of aromatic hydroxyl groups is 1. The van der Waals surface area contributed by atoms with E-state index in [4.69, 9.17) is 0 Å². The molecule has 0 amide bonds. The van der Waals surface area contributed by atoms with Crippen molar-refractivity contribution in [1.29, 1.82) is 0 Å². The van der Waals surface area contributed by atoms with Crippen molar-refractivity contribution in [2.45, 2.75) is 20.3 Å². The van der Waals surface area contributed by atoms with Crippen molar-refractivity contribution in [2.24, 2.45) is 0 Å². The van der Waals surface area contributed by atoms with Crippen LogP contribution in [0.5, 0.6) is 5.75 Å². The van der Waals surface area contributed by atoms with Crippen LogP contribution < -0.4 is 0 Å². The van der Waals surface area contributed by atoms with Gasteiger partial charge >= 0.3 is 0 Å². The zero-order chi connectivity index (χ0) is 10.6. The highest BCUT2D eigenvalue weighted by Crippen LogP contribution is 2.18. The predicted octanol–water partition coefficient (Wildman–Crippen LogP) is 2.39. The maximum Gasteiger partial charge on any atom is 0.152 e. The van der Waals surface area contributed by atoms with Gasteiger partial charge in [-0.1, -0.05) is 23.8 Å². The average molecular weight is 190 g/mol. The summed E-state index contributed by atoms with van der Waals surface area (Å²) >= 11 is 0. The van der Waals surface area contributed by atoms with E-state index in [1.807, 2.05) is 19.1 Å². The molecule has 0 aliphatic heterocycles. The summed E-state index contributed by atoms with van der Waals surface area (Å²) in [6, 6.07) is 5.44. The number of rotatable bonds is 3. The second kappa shape index (κ2) is 4.61. The summed E-state index contributed by atoms with van der Waals surface area (Å²) in [7, 11) is 0. The van der Waals surface area contributed by atoms with Gasteiger partial charge in [-0.25, -0.2) is 0 Å². The third-order valence-electron chi connectivity index (χ3n) is 1.93. The minimum atomic E-state index is 0.0251. The van der Waals surface area contributed by atoms with Crippen molar-refractivity contribution in [3.63, 3.8) is 0 Å². The molecular formula is C12H14O2. The molecule has 2 heteroatoms. The van der Waals surface area contributed by atoms with Gasteiger partial charge in [0.15, 0.2) is 5.78 Å². The number of ketones is 1. The van der Waals surface area contributed by atoms with Gasteiger partial charge in [-0.3, -0.25) is 4.79 Å². The third kappa shape index (κ3) is 3.05. The van der Waals surface area contributed by atoms with Crippen molar-refractivity contribution in [2.75, 3.05) is 0 Å². The first kappa shape index (κ1) is 10.5. The Morgan fingerprint density at radius 2 is 2.21 bits per heavy atom. The lowest BCUT2D eigenvalue weighted by molar-refractivity contribution is -0.112. The molecule has 0 saturated heterocycles. The van der Waals surface area contributed by atoms with Gasteiger partial charge in [0.25, 0.3) is 0 Å². The number of aryl methyl sites for hydroxylation is 1. The van der Waals surface area contributed by atoms with Gasteiger partial charge in [-0.2, -0.15) is 0 Å². The minimum Gasteiger partial charge on any atom is -0.508 e. The van der Waals surface area contributed by atoms with Gasteiger partial charge in [0.2, 0.25) is 0 Å². The van der Waals surface area contributed by atoms with E-state index in [9.17, 15) is 9.90 Å². The molecule has 0 unspecified atom stereocenters. The second-order valence-electron chi connectivity index (χ2n) is 3.35. The van der Waals surface area contributed by atoms with Crippen LogP contribution in [0.4, 0.5) is 0 Å². The van der Waals surface area contributed by atoms with Crippen molar-refractivity contribution in [3.05, 3.63) is 41.5 Å². The highest BCUT2D eigenvalue weighted by atomic mass is 16.3. The Labute approximate surface area is 83.9 Å². The molecule has 0 saturated carbocycles. The van der Waals surface area contributed by atoms with Crippen molar-refractivity contribution < 1.29 is 9.90 Å². The molecule has 0 radical (unpaired) electrons. The number of phenols is 1. The maximum absolute atomic E-state index is 10.6. The lowest BCUT2D eigenvalue weighted by atomic mass is 10.1. The van der Waals surface area contributed by atoms with Crippen LogP contribution in [0, 0.1) is 6.92 Å². The molecule has 1 N–H and O–H groups in total. The van der Waals surface area contributed by atoms with E-state index in [-0.39, 0.29) is 11.5 Å². The Hall–Kier alpha value is -1.57. The summed E-state index contributed by atoms with van der Waals surface area (Å²) in [5.74, 6) is 0.306. The van der Waals surface area contributed by atoms with E-state index in [2.05, 4.69) is 0 Å². The Bertz CT molecular complexity index is 365. The Morgan fingerprint density at radius 1 is 1.50 bits per heavy atom. The molecule has 0 atom stereocenters. The Balaban J connectivity index is 2.76. The molecule has 2 nitrogen and oxygen atoms in total. The zero-order valence-corrected chi connectivity index (χ0v) is 8.45. The fourth-order valence-electron chi connectivity index (χ4n) is 1.23. The van der Waals surface area contributed by atoms with Crippen molar-refractivity contribution in [1.82, 2.24) is 0 Å². The number of phenolic OH excluding ortho intramolecular Hbond substituents is 1. The summed E-state index contributed by atoms with van der Waals surface area (Å²) in [6.07, 6.45) is 3.87. The van der Waals surface area contributed by atoms with Crippen LogP contribution in [0.3, 0.4) is 0 Å². The second-order valence-corrected chi connectivity index (χ2v) is 3.35. The zero-order valence-electron chi connectivity index (χ0n) is 8.45. The van der Waals surface area contributed by atoms with E-state index < -0.39 is 0 Å². The molecule has 0 aromatic heterocycles. The topological polar surface area (TPSA) is 37.3 Å². The van der Waals surface area contributed by atoms with Gasteiger partial charge in [0, 0.05) is 0 Å². The minimum absolute atomic E-state index is 0.0251. The number of allylic oxidation sites excluding steroid dienone is 2. The number of hydrogen-bond acceptors (Lipinski definition) is 2. The molecule has 14 heavy (non-hydrogen) atoms. The standard InChI is InChI=1S/C12H14O2/c1-9-6-7-12(14)11(8-9)5-3-4-10(2)13/h3-4,6-8,14H,5H2,1-2H3/b4-3+. The highest BCUT2D eigenvalue weighted by molar-refractivity contribution is 5.87. The van der Waals surface area contributed by atoms with Gasteiger partial charge in [-0.15, -0.1) is 0 Å². The number of benzene rings is 1. The number of carbonyl (C=O) groups excluding carboxylic acids is 1. The van der Waals surface area contributed by atoms with Gasteiger partial charge in [-0.05, 0) is 38.0 Å². The molecule has 0 bridgehead atoms. The summed E-state index contributed by atoms with van der Waals surface area (Å²) in [5, 5.41) is 9.48. The summed E-state index contributed by atoms with van der Waals surface area (Å²) in [4.78, 5) is 10.6. The first-order chi connectivity index (χ1) is 6.59. The normalized spacial score (nSPS) is 10.7. The molecule has 0 fully saturated rings. The first-order valence-corrected chi connectivity index (χ1v) is 4.55. The molecule has 1 rings (SSSR count). The lowest BCUT2D eigenvalue weighted by Crippen LogP contribution is -1.86. The van der Waals surface area contributed by atoms with Crippen LogP contribution in [0.15, 0.2) is 30.4 Å². The smallest absolute Gasteiger partial charge is 0.152 e. The Kier molecular flexibility index (Phi) is 3.46. The molecule has 1 aromatic rings. The molecular weight excluding hydrogens is 176 g/mol. The molecule has 0 aliphatic rings. The van der Waals surface area contributed by atoms with E-state index >= 15 is 0 Å². The number of carbonyl (C=O) groups is 1. The van der Waals surface area contributed by atoms with Gasteiger partial charge in [0.05, 0.1) is 0 Å². The average Bonchev–Trinajstić information content (AvgIpc) is 2.10. The van der Waals surface area contributed by atoms with Crippen LogP contribution in [0.25, 0.3) is 0 Å². The fraction of sp³-hybridized carbons (Fsp3) is 0.250. The molecule has 1 aromatic carbocycles. The van der Waals surface area contributed by atoms with Gasteiger partial charge in [0.1, 0.15) is 5.75 Å². The molecule has 0 aliphatic carbocycles. The van der Waals surface area contributed by atoms with E-state index in [0.717, 1.165) is 11.1 Å². The maximum atomic E-state index is 10.6. The fourth-order valence-corrected chi connectivity index (χ4v) is 1.23. The van der Waals surface area contributed by atoms with Crippen LogP contribution in [0.2, 0.25) is 0 Å². The SMILES string of the molecule is CC(=O)/C=C/Cc1cc(C)ccc1O. The van der Waals surface area contributed by atoms with Crippen LogP contribution in [0.1, 0.15) is 18.1 Å². The highest BCUT2D eigenvalue weighted by Gasteiger charge is 1.98. The number of hydrogen-bond donors (Lipinski definition) is 1. The third-order valence-corrected chi connectivity index (χ3v) is 1.93. The quantitative estimate of drug-likeness (QED) is 0.743. The van der Waals surface area contributed by atoms with Gasteiger partial charge < -0.3 is 5.11 Å². The van der Waals surface area contributed by atoms with E-state index in [0.29, 0.717) is 6.42 Å². The molecule has 0 spiro atoms. The molecule has 0 heterocycles. The van der Waals surface area contributed by atoms with Crippen molar-refractivity contribution >= 4 is 5.78 Å². The first-order valence-electron chi connectivity index (χ1n) is 4.55. The monoisotopic (exact) mass is 190 g/mol. The predicted molar refractivity (Wildman–Crippen MR) is 56.4 cm³/mol. The molecule has 74 valence electrons. The van der Waals surface area contributed by atoms with E-state index in [1.165, 1.54) is 13.0 Å². The summed E-state index contributed by atoms with van der Waals surface area (Å²) in [6.45, 7) is 3.48. The van der Waals surface area contributed by atoms with Crippen LogP contribution in [-0.4, -0.2) is 10.9 Å². The summed E-state index contributed by atoms with van der Waals surface area (Å²) in [5.41, 5.74) is 1.96. The summed E-state index contributed by atoms with van der Waals surface area (Å²) < 4.78 is 0. The Morgan fingerprint density at radius 3 is 2.86 bits per heavy atom. The van der Waals surface area contributed by atoms with E-state index in [1.54, 1.807) is 12.1 Å². The van der Waals surface area contributed by atoms with Crippen LogP contribution in [-0.2, 0) is 11.2 Å².